The van der Waals surface area contributed by atoms with Gasteiger partial charge in [-0.05, 0) is 73.2 Å². The van der Waals surface area contributed by atoms with Gasteiger partial charge in [0.1, 0.15) is 0 Å². The third-order valence-electron chi connectivity index (χ3n) is 13.1. The lowest BCUT2D eigenvalue weighted by Crippen LogP contribution is -2.25. The fraction of sp³-hybridized carbons (Fsp3) is 0.0169. The summed E-state index contributed by atoms with van der Waals surface area (Å²) in [6.07, 6.45) is 0. The quantitative estimate of drug-likeness (QED) is 0.163. The van der Waals surface area contributed by atoms with E-state index in [1.54, 1.807) is 0 Å². The van der Waals surface area contributed by atoms with Gasteiger partial charge in [-0.25, -0.2) is 19.9 Å². The summed E-state index contributed by atoms with van der Waals surface area (Å²) in [7, 11) is 0. The largest absolute Gasteiger partial charge is 0.247 e. The smallest absolute Gasteiger partial charge is 0.164 e. The minimum atomic E-state index is -0.466. The Morgan fingerprint density at radius 1 is 0.286 bits per heavy atom. The molecule has 292 valence electrons. The van der Waals surface area contributed by atoms with Gasteiger partial charge in [-0.3, -0.25) is 0 Å². The molecule has 2 heterocycles. The van der Waals surface area contributed by atoms with Crippen LogP contribution in [0.2, 0.25) is 0 Å². The maximum Gasteiger partial charge on any atom is 0.164 e. The van der Waals surface area contributed by atoms with Crippen LogP contribution in [-0.2, 0) is 5.41 Å². The van der Waals surface area contributed by atoms with Crippen molar-refractivity contribution >= 4 is 21.7 Å². The lowest BCUT2D eigenvalue weighted by Gasteiger charge is -2.30. The molecule has 9 aromatic carbocycles. The van der Waals surface area contributed by atoms with E-state index < -0.39 is 5.41 Å². The maximum atomic E-state index is 5.57. The summed E-state index contributed by atoms with van der Waals surface area (Å²) in [5.74, 6) is 1.85. The number of nitrogens with zero attached hydrogens (tertiary/aromatic N) is 4. The molecule has 0 aliphatic heterocycles. The molecular formula is C59H36N4. The van der Waals surface area contributed by atoms with Gasteiger partial charge in [-0.1, -0.05) is 206 Å². The molecule has 2 aliphatic rings. The molecule has 0 saturated heterocycles. The van der Waals surface area contributed by atoms with Gasteiger partial charge >= 0.3 is 0 Å². The molecule has 1 spiro atoms. The third-order valence-corrected chi connectivity index (χ3v) is 13.1. The second-order valence-electron chi connectivity index (χ2n) is 16.5. The third kappa shape index (κ3) is 5.28. The second-order valence-corrected chi connectivity index (χ2v) is 16.5. The Labute approximate surface area is 364 Å². The standard InChI is InChI=1S/C59H36N4/c1-3-16-37(17-4-1)38-30-32-40(33-31-38)57-61-56(39-18-5-2-6-19-39)62-58(63-57)42-21-15-20-41(36-42)55-54-46(45-24-10-14-29-52(45)60-55)34-35-51-53(54)47-25-9-13-28-50(47)59(51)48-26-11-7-22-43(48)44-23-8-12-27-49(44)59/h1-36H. The Morgan fingerprint density at radius 3 is 1.44 bits per heavy atom. The molecule has 0 fully saturated rings. The highest BCUT2D eigenvalue weighted by atomic mass is 15.0. The molecular weight excluding hydrogens is 765 g/mol. The number of hydrogen-bond acceptors (Lipinski definition) is 4. The van der Waals surface area contributed by atoms with E-state index in [2.05, 4.69) is 194 Å². The minimum Gasteiger partial charge on any atom is -0.247 e. The lowest BCUT2D eigenvalue weighted by molar-refractivity contribution is 0.794. The molecule has 13 rings (SSSR count). The summed E-state index contributed by atoms with van der Waals surface area (Å²) in [4.78, 5) is 21.0. The molecule has 4 nitrogen and oxygen atoms in total. The molecule has 2 aromatic heterocycles. The van der Waals surface area contributed by atoms with E-state index in [1.165, 1.54) is 55.5 Å². The van der Waals surface area contributed by atoms with Crippen molar-refractivity contribution in [1.82, 2.24) is 19.9 Å². The normalized spacial score (nSPS) is 12.9. The van der Waals surface area contributed by atoms with Crippen LogP contribution in [0.15, 0.2) is 218 Å². The maximum absolute atomic E-state index is 5.57. The van der Waals surface area contributed by atoms with Crippen molar-refractivity contribution in [1.29, 1.82) is 0 Å². The molecule has 0 saturated carbocycles. The van der Waals surface area contributed by atoms with E-state index in [0.717, 1.165) is 49.8 Å². The van der Waals surface area contributed by atoms with E-state index in [4.69, 9.17) is 19.9 Å². The zero-order valence-corrected chi connectivity index (χ0v) is 34.1. The number of aromatic nitrogens is 4. The molecule has 0 unspecified atom stereocenters. The van der Waals surface area contributed by atoms with Crippen LogP contribution in [0.25, 0.3) is 100 Å². The Hall–Kier alpha value is -8.34. The monoisotopic (exact) mass is 800 g/mol. The molecule has 63 heavy (non-hydrogen) atoms. The lowest BCUT2D eigenvalue weighted by atomic mass is 9.70. The van der Waals surface area contributed by atoms with E-state index in [0.29, 0.717) is 17.5 Å². The Kier molecular flexibility index (Phi) is 7.79. The molecule has 0 amide bonds. The summed E-state index contributed by atoms with van der Waals surface area (Å²) < 4.78 is 0. The summed E-state index contributed by atoms with van der Waals surface area (Å²) in [5, 5.41) is 3.46. The van der Waals surface area contributed by atoms with E-state index in [1.807, 2.05) is 24.3 Å². The highest BCUT2D eigenvalue weighted by Gasteiger charge is 2.52. The van der Waals surface area contributed by atoms with Crippen molar-refractivity contribution in [3.05, 3.63) is 241 Å². The van der Waals surface area contributed by atoms with E-state index in [-0.39, 0.29) is 0 Å². The van der Waals surface area contributed by atoms with Crippen molar-refractivity contribution in [2.75, 3.05) is 0 Å². The van der Waals surface area contributed by atoms with Gasteiger partial charge in [0.25, 0.3) is 0 Å². The highest BCUT2D eigenvalue weighted by Crippen LogP contribution is 2.64. The first kappa shape index (κ1) is 35.4. The molecule has 11 aromatic rings. The molecule has 2 aliphatic carbocycles. The molecule has 0 atom stereocenters. The van der Waals surface area contributed by atoms with Gasteiger partial charge in [-0.15, -0.1) is 0 Å². The summed E-state index contributed by atoms with van der Waals surface area (Å²) in [6, 6.07) is 77.9. The van der Waals surface area contributed by atoms with Crippen LogP contribution in [0.4, 0.5) is 0 Å². The number of para-hydroxylation sites is 1. The average molecular weight is 801 g/mol. The van der Waals surface area contributed by atoms with Crippen molar-refractivity contribution in [2.45, 2.75) is 5.41 Å². The SMILES string of the molecule is c1ccc(-c2ccc(-c3nc(-c4ccccc4)nc(-c4cccc(-c5nc6ccccc6c6ccc7c(c56)-c5ccccc5C75c6ccccc6-c6ccccc65)c4)n3)cc2)cc1. The van der Waals surface area contributed by atoms with Crippen LogP contribution in [0, 0.1) is 0 Å². The van der Waals surface area contributed by atoms with Gasteiger partial charge in [0, 0.05) is 33.0 Å². The number of fused-ring (bicyclic) bond motifs is 14. The fourth-order valence-electron chi connectivity index (χ4n) is 10.4. The van der Waals surface area contributed by atoms with Crippen LogP contribution in [0.3, 0.4) is 0 Å². The van der Waals surface area contributed by atoms with E-state index >= 15 is 0 Å². The topological polar surface area (TPSA) is 51.6 Å². The van der Waals surface area contributed by atoms with Crippen LogP contribution in [0.1, 0.15) is 22.3 Å². The Morgan fingerprint density at radius 2 is 0.762 bits per heavy atom. The van der Waals surface area contributed by atoms with Crippen molar-refractivity contribution < 1.29 is 0 Å². The summed E-state index contributed by atoms with van der Waals surface area (Å²) >= 11 is 0. The average Bonchev–Trinajstić information content (AvgIpc) is 3.84. The first-order valence-corrected chi connectivity index (χ1v) is 21.5. The fourth-order valence-corrected chi connectivity index (χ4v) is 10.4. The second kappa shape index (κ2) is 13.8. The van der Waals surface area contributed by atoms with Crippen molar-refractivity contribution in [2.24, 2.45) is 0 Å². The number of rotatable bonds is 5. The highest BCUT2D eigenvalue weighted by molar-refractivity contribution is 6.19. The van der Waals surface area contributed by atoms with Gasteiger partial charge in [0.2, 0.25) is 0 Å². The van der Waals surface area contributed by atoms with Gasteiger partial charge in [0.05, 0.1) is 16.6 Å². The first-order chi connectivity index (χ1) is 31.2. The predicted molar refractivity (Wildman–Crippen MR) is 256 cm³/mol. The Bertz CT molecular complexity index is 3570. The number of pyridine rings is 1. The first-order valence-electron chi connectivity index (χ1n) is 21.5. The molecule has 0 radical (unpaired) electrons. The zero-order chi connectivity index (χ0) is 41.5. The van der Waals surface area contributed by atoms with Gasteiger partial charge in [0.15, 0.2) is 17.5 Å². The van der Waals surface area contributed by atoms with Crippen LogP contribution < -0.4 is 0 Å². The van der Waals surface area contributed by atoms with Gasteiger partial charge in [-0.2, -0.15) is 0 Å². The molecule has 0 N–H and O–H groups in total. The molecule has 0 bridgehead atoms. The van der Waals surface area contributed by atoms with Crippen LogP contribution in [-0.4, -0.2) is 19.9 Å². The Balaban J connectivity index is 1.04. The summed E-state index contributed by atoms with van der Waals surface area (Å²) in [5.41, 5.74) is 17.8. The van der Waals surface area contributed by atoms with Crippen molar-refractivity contribution in [3.63, 3.8) is 0 Å². The zero-order valence-electron chi connectivity index (χ0n) is 34.1. The number of benzene rings is 9. The van der Waals surface area contributed by atoms with Gasteiger partial charge < -0.3 is 0 Å². The minimum absolute atomic E-state index is 0.466. The van der Waals surface area contributed by atoms with E-state index in [9.17, 15) is 0 Å². The number of hydrogen-bond donors (Lipinski definition) is 0. The van der Waals surface area contributed by atoms with Crippen LogP contribution in [0.5, 0.6) is 0 Å². The molecule has 4 heteroatoms. The van der Waals surface area contributed by atoms with Crippen molar-refractivity contribution in [3.8, 4) is 78.8 Å². The van der Waals surface area contributed by atoms with Crippen LogP contribution >= 0.6 is 0 Å². The predicted octanol–water partition coefficient (Wildman–Crippen LogP) is 14.3. The summed E-state index contributed by atoms with van der Waals surface area (Å²) in [6.45, 7) is 0.